The molecular weight excluding hydrogens is 294 g/mol. The Labute approximate surface area is 133 Å². The van der Waals surface area contributed by atoms with E-state index in [9.17, 15) is 0 Å². The van der Waals surface area contributed by atoms with Crippen molar-refractivity contribution in [2.75, 3.05) is 12.4 Å². The van der Waals surface area contributed by atoms with Crippen LogP contribution in [0.15, 0.2) is 30.6 Å². The lowest BCUT2D eigenvalue weighted by atomic mass is 9.97. The van der Waals surface area contributed by atoms with Gasteiger partial charge in [-0.15, -0.1) is 11.3 Å². The molecule has 22 heavy (non-hydrogen) atoms. The minimum atomic E-state index is 0.818. The van der Waals surface area contributed by atoms with Crippen LogP contribution in [0, 0.1) is 0 Å². The summed E-state index contributed by atoms with van der Waals surface area (Å²) in [5, 5.41) is 4.62. The van der Waals surface area contributed by atoms with E-state index >= 15 is 0 Å². The van der Waals surface area contributed by atoms with Crippen molar-refractivity contribution < 1.29 is 4.74 Å². The zero-order valence-corrected chi connectivity index (χ0v) is 13.2. The third-order valence-corrected chi connectivity index (χ3v) is 5.31. The molecule has 4 rings (SSSR count). The highest BCUT2D eigenvalue weighted by molar-refractivity contribution is 7.19. The lowest BCUT2D eigenvalue weighted by Crippen LogP contribution is -2.01. The van der Waals surface area contributed by atoms with Gasteiger partial charge in [0.25, 0.3) is 0 Å². The summed E-state index contributed by atoms with van der Waals surface area (Å²) in [6.45, 7) is 0. The summed E-state index contributed by atoms with van der Waals surface area (Å²) < 4.78 is 5.42. The molecule has 0 amide bonds. The van der Waals surface area contributed by atoms with Crippen molar-refractivity contribution >= 4 is 33.1 Å². The highest BCUT2D eigenvalue weighted by Gasteiger charge is 2.20. The van der Waals surface area contributed by atoms with Crippen molar-refractivity contribution in [1.82, 2.24) is 9.97 Å². The first-order valence-electron chi connectivity index (χ1n) is 7.52. The molecule has 0 saturated heterocycles. The van der Waals surface area contributed by atoms with Crippen molar-refractivity contribution in [2.24, 2.45) is 0 Å². The van der Waals surface area contributed by atoms with Gasteiger partial charge < -0.3 is 10.1 Å². The number of hydrogen-bond acceptors (Lipinski definition) is 5. The summed E-state index contributed by atoms with van der Waals surface area (Å²) in [6, 6.07) is 7.91. The molecule has 0 bridgehead atoms. The molecule has 2 heterocycles. The van der Waals surface area contributed by atoms with Crippen LogP contribution >= 0.6 is 11.3 Å². The van der Waals surface area contributed by atoms with Gasteiger partial charge in [-0.3, -0.25) is 0 Å². The van der Waals surface area contributed by atoms with E-state index in [1.54, 1.807) is 13.4 Å². The number of methoxy groups -OCH3 is 1. The van der Waals surface area contributed by atoms with Gasteiger partial charge in [-0.1, -0.05) is 12.1 Å². The van der Waals surface area contributed by atoms with E-state index in [4.69, 9.17) is 4.74 Å². The summed E-state index contributed by atoms with van der Waals surface area (Å²) in [5.41, 5.74) is 2.37. The number of thiophene rings is 1. The average molecular weight is 311 g/mol. The number of fused-ring (bicyclic) bond motifs is 3. The van der Waals surface area contributed by atoms with Crippen LogP contribution in [0.1, 0.15) is 23.3 Å². The molecule has 0 aliphatic heterocycles. The molecule has 0 spiro atoms. The molecular formula is C17H17N3OS. The summed E-state index contributed by atoms with van der Waals surface area (Å²) in [5.74, 6) is 1.70. The van der Waals surface area contributed by atoms with Gasteiger partial charge in [0.1, 0.15) is 22.7 Å². The first-order chi connectivity index (χ1) is 10.9. The smallest absolute Gasteiger partial charge is 0.142 e. The van der Waals surface area contributed by atoms with Crippen molar-refractivity contribution in [3.8, 4) is 5.75 Å². The third-order valence-electron chi connectivity index (χ3n) is 4.11. The zero-order valence-electron chi connectivity index (χ0n) is 12.4. The molecule has 112 valence electrons. The van der Waals surface area contributed by atoms with Crippen molar-refractivity contribution in [3.05, 3.63) is 41.0 Å². The van der Waals surface area contributed by atoms with Gasteiger partial charge in [0.2, 0.25) is 0 Å². The summed E-state index contributed by atoms with van der Waals surface area (Å²) >= 11 is 1.81. The number of rotatable bonds is 3. The van der Waals surface area contributed by atoms with Gasteiger partial charge in [-0.25, -0.2) is 9.97 Å². The molecule has 1 aliphatic carbocycles. The fourth-order valence-corrected chi connectivity index (χ4v) is 4.29. The van der Waals surface area contributed by atoms with Gasteiger partial charge in [0, 0.05) is 4.88 Å². The Morgan fingerprint density at radius 2 is 2.00 bits per heavy atom. The minimum Gasteiger partial charge on any atom is -0.495 e. The second kappa shape index (κ2) is 5.57. The fraction of sp³-hybridized carbons (Fsp3) is 0.294. The van der Waals surface area contributed by atoms with E-state index in [2.05, 4.69) is 15.3 Å². The Kier molecular flexibility index (Phi) is 3.42. The van der Waals surface area contributed by atoms with Crippen LogP contribution < -0.4 is 10.1 Å². The number of nitrogens with zero attached hydrogens (tertiary/aromatic N) is 2. The van der Waals surface area contributed by atoms with Crippen LogP contribution in [0.5, 0.6) is 5.75 Å². The van der Waals surface area contributed by atoms with Gasteiger partial charge in [0.15, 0.2) is 0 Å². The maximum atomic E-state index is 5.42. The molecule has 3 aromatic rings. The molecule has 0 radical (unpaired) electrons. The number of hydrogen-bond donors (Lipinski definition) is 1. The Balaban J connectivity index is 1.83. The van der Waals surface area contributed by atoms with E-state index in [-0.39, 0.29) is 0 Å². The number of nitrogens with one attached hydrogen (secondary N) is 1. The molecule has 4 nitrogen and oxygen atoms in total. The first kappa shape index (κ1) is 13.5. The van der Waals surface area contributed by atoms with Crippen LogP contribution in [0.25, 0.3) is 10.2 Å². The fourth-order valence-electron chi connectivity index (χ4n) is 3.06. The largest absolute Gasteiger partial charge is 0.495 e. The van der Waals surface area contributed by atoms with E-state index in [0.29, 0.717) is 0 Å². The van der Waals surface area contributed by atoms with Gasteiger partial charge in [0.05, 0.1) is 18.2 Å². The SMILES string of the molecule is COc1ccccc1Nc1ncnc2sc3c(c12)CCCC3. The lowest BCUT2D eigenvalue weighted by Gasteiger charge is -2.13. The molecule has 5 heteroatoms. The second-order valence-electron chi connectivity index (χ2n) is 5.44. The molecule has 0 unspecified atom stereocenters. The monoisotopic (exact) mass is 311 g/mol. The highest BCUT2D eigenvalue weighted by Crippen LogP contribution is 2.39. The number of benzene rings is 1. The maximum absolute atomic E-state index is 5.42. The summed E-state index contributed by atoms with van der Waals surface area (Å²) in [7, 11) is 1.68. The molecule has 0 saturated carbocycles. The Hall–Kier alpha value is -2.14. The quantitative estimate of drug-likeness (QED) is 0.782. The number of ether oxygens (including phenoxy) is 1. The van der Waals surface area contributed by atoms with Crippen LogP contribution in [0.2, 0.25) is 0 Å². The van der Waals surface area contributed by atoms with Crippen LogP contribution in [-0.2, 0) is 12.8 Å². The zero-order chi connectivity index (χ0) is 14.9. The maximum Gasteiger partial charge on any atom is 0.142 e. The molecule has 0 atom stereocenters. The molecule has 1 N–H and O–H groups in total. The van der Waals surface area contributed by atoms with Crippen molar-refractivity contribution in [1.29, 1.82) is 0 Å². The molecule has 0 fully saturated rings. The van der Waals surface area contributed by atoms with E-state index in [1.165, 1.54) is 35.1 Å². The molecule has 2 aromatic heterocycles. The van der Waals surface area contributed by atoms with Gasteiger partial charge in [-0.05, 0) is 43.4 Å². The van der Waals surface area contributed by atoms with E-state index in [1.807, 2.05) is 35.6 Å². The highest BCUT2D eigenvalue weighted by atomic mass is 32.1. The molecule has 1 aromatic carbocycles. The minimum absolute atomic E-state index is 0.818. The standard InChI is InChI=1S/C17H17N3OS/c1-21-13-8-4-3-7-12(13)20-16-15-11-6-2-5-9-14(11)22-17(15)19-10-18-16/h3-4,7-8,10H,2,5-6,9H2,1H3,(H,18,19,20). The number of aryl methyl sites for hydroxylation is 2. The normalized spacial score (nSPS) is 13.9. The topological polar surface area (TPSA) is 47.0 Å². The summed E-state index contributed by atoms with van der Waals surface area (Å²) in [4.78, 5) is 11.5. The lowest BCUT2D eigenvalue weighted by molar-refractivity contribution is 0.417. The summed E-state index contributed by atoms with van der Waals surface area (Å²) in [6.07, 6.45) is 6.47. The predicted molar refractivity (Wildman–Crippen MR) is 90.3 cm³/mol. The average Bonchev–Trinajstić information content (AvgIpc) is 2.95. The Morgan fingerprint density at radius 3 is 2.91 bits per heavy atom. The van der Waals surface area contributed by atoms with Crippen molar-refractivity contribution in [2.45, 2.75) is 25.7 Å². The number of aromatic nitrogens is 2. The first-order valence-corrected chi connectivity index (χ1v) is 8.34. The van der Waals surface area contributed by atoms with Crippen LogP contribution in [0.3, 0.4) is 0 Å². The predicted octanol–water partition coefficient (Wildman–Crippen LogP) is 4.32. The number of anilines is 2. The Morgan fingerprint density at radius 1 is 1.14 bits per heavy atom. The van der Waals surface area contributed by atoms with Crippen molar-refractivity contribution in [3.63, 3.8) is 0 Å². The van der Waals surface area contributed by atoms with E-state index < -0.39 is 0 Å². The van der Waals surface area contributed by atoms with Gasteiger partial charge in [-0.2, -0.15) is 0 Å². The van der Waals surface area contributed by atoms with E-state index in [0.717, 1.165) is 28.5 Å². The second-order valence-corrected chi connectivity index (χ2v) is 6.52. The molecule has 1 aliphatic rings. The van der Waals surface area contributed by atoms with Gasteiger partial charge >= 0.3 is 0 Å². The van der Waals surface area contributed by atoms with Crippen LogP contribution in [0.4, 0.5) is 11.5 Å². The Bertz CT molecular complexity index is 828. The third kappa shape index (κ3) is 2.22. The number of para-hydroxylation sites is 2. The van der Waals surface area contributed by atoms with Crippen LogP contribution in [-0.4, -0.2) is 17.1 Å².